The van der Waals surface area contributed by atoms with Crippen LogP contribution in [0.2, 0.25) is 0 Å². The Morgan fingerprint density at radius 1 is 1.00 bits per heavy atom. The van der Waals surface area contributed by atoms with Gasteiger partial charge in [0, 0.05) is 0 Å². The summed E-state index contributed by atoms with van der Waals surface area (Å²) in [4.78, 5) is 17.6. The van der Waals surface area contributed by atoms with Gasteiger partial charge in [0.25, 0.3) is 0 Å². The second kappa shape index (κ2) is 7.10. The Bertz CT molecular complexity index is 323. The highest BCUT2D eigenvalue weighted by molar-refractivity contribution is 7.51. The highest BCUT2D eigenvalue weighted by Gasteiger charge is 2.43. The van der Waals surface area contributed by atoms with Gasteiger partial charge in [0.2, 0.25) is 0 Å². The molecule has 0 radical (unpaired) electrons. The average molecular weight is 299 g/mol. The second-order valence-corrected chi connectivity index (χ2v) is 6.57. The van der Waals surface area contributed by atoms with Crippen LogP contribution in [0, 0.1) is 0 Å². The van der Waals surface area contributed by atoms with Crippen molar-refractivity contribution in [1.82, 2.24) is 0 Å². The molecule has 1 aliphatic heterocycles. The van der Waals surface area contributed by atoms with Crippen LogP contribution in [0.1, 0.15) is 19.3 Å². The predicted octanol–water partition coefficient (Wildman–Crippen LogP) is -1.86. The van der Waals surface area contributed by atoms with Crippen LogP contribution >= 0.6 is 7.60 Å². The molecule has 0 amide bonds. The van der Waals surface area contributed by atoms with Crippen molar-refractivity contribution >= 4 is 7.60 Å². The minimum Gasteiger partial charge on any atom is -0.388 e. The fraction of sp³-hybridized carbons (Fsp3) is 1.00. The van der Waals surface area contributed by atoms with Gasteiger partial charge in [-0.1, -0.05) is 0 Å². The van der Waals surface area contributed by atoms with Gasteiger partial charge in [-0.3, -0.25) is 4.57 Å². The highest BCUT2D eigenvalue weighted by Crippen LogP contribution is 2.37. The molecule has 1 saturated heterocycles. The third-order valence-corrected chi connectivity index (χ3v) is 4.05. The summed E-state index contributed by atoms with van der Waals surface area (Å²) >= 11 is 0. The van der Waals surface area contributed by atoms with Crippen molar-refractivity contribution in [3.05, 3.63) is 0 Å². The summed E-state index contributed by atoms with van der Waals surface area (Å²) in [7, 11) is -4.19. The average Bonchev–Trinajstić information content (AvgIpc) is 2.33. The lowest BCUT2D eigenvalue weighted by atomic mass is 9.91. The lowest BCUT2D eigenvalue weighted by Gasteiger charge is -2.41. The Balaban J connectivity index is 2.62. The Morgan fingerprint density at radius 3 is 2.00 bits per heavy atom. The number of aliphatic hydroxyl groups excluding tert-OH is 3. The summed E-state index contributed by atoms with van der Waals surface area (Å²) in [5, 5.41) is 29.2. The molecule has 1 fully saturated rings. The van der Waals surface area contributed by atoms with E-state index in [-0.39, 0.29) is 6.42 Å². The van der Waals surface area contributed by atoms with E-state index in [0.717, 1.165) is 0 Å². The van der Waals surface area contributed by atoms with Crippen LogP contribution in [0.15, 0.2) is 0 Å². The van der Waals surface area contributed by atoms with E-state index in [4.69, 9.17) is 20.3 Å². The summed E-state index contributed by atoms with van der Waals surface area (Å²) in [6, 6.07) is 0. The predicted molar refractivity (Wildman–Crippen MR) is 66.5 cm³/mol. The molecule has 9 heteroatoms. The van der Waals surface area contributed by atoms with Crippen molar-refractivity contribution in [1.29, 1.82) is 0 Å². The first-order chi connectivity index (χ1) is 8.76. The number of ether oxygens (including phenoxy) is 1. The molecule has 114 valence electrons. The van der Waals surface area contributed by atoms with Crippen LogP contribution in [0.3, 0.4) is 0 Å². The SMILES string of the molecule is NCCC[C@H]1O[C@H](CCP(=O)(O)O)[C@@H](O)[C@H](O)[C@@H]1O. The van der Waals surface area contributed by atoms with Crippen molar-refractivity contribution < 1.29 is 34.4 Å². The van der Waals surface area contributed by atoms with Crippen LogP contribution in [-0.4, -0.2) is 68.3 Å². The van der Waals surface area contributed by atoms with Crippen molar-refractivity contribution in [3.8, 4) is 0 Å². The third kappa shape index (κ3) is 5.09. The second-order valence-electron chi connectivity index (χ2n) is 4.79. The minimum absolute atomic E-state index is 0.0889. The molecule has 0 bridgehead atoms. The van der Waals surface area contributed by atoms with Gasteiger partial charge in [-0.2, -0.15) is 0 Å². The maximum Gasteiger partial charge on any atom is 0.325 e. The van der Waals surface area contributed by atoms with Gasteiger partial charge >= 0.3 is 7.60 Å². The number of rotatable bonds is 6. The van der Waals surface area contributed by atoms with Crippen LogP contribution in [0.4, 0.5) is 0 Å². The first-order valence-electron chi connectivity index (χ1n) is 6.20. The largest absolute Gasteiger partial charge is 0.388 e. The van der Waals surface area contributed by atoms with E-state index in [9.17, 15) is 19.9 Å². The van der Waals surface area contributed by atoms with Crippen LogP contribution in [0.5, 0.6) is 0 Å². The fourth-order valence-electron chi connectivity index (χ4n) is 2.12. The van der Waals surface area contributed by atoms with Crippen LogP contribution < -0.4 is 5.73 Å². The van der Waals surface area contributed by atoms with Gasteiger partial charge in [-0.25, -0.2) is 0 Å². The smallest absolute Gasteiger partial charge is 0.325 e. The molecule has 0 saturated carbocycles. The van der Waals surface area contributed by atoms with Crippen molar-refractivity contribution in [2.24, 2.45) is 5.73 Å². The zero-order chi connectivity index (χ0) is 14.6. The van der Waals surface area contributed by atoms with E-state index in [2.05, 4.69) is 0 Å². The summed E-state index contributed by atoms with van der Waals surface area (Å²) in [5.74, 6) is 0. The van der Waals surface area contributed by atoms with Crippen LogP contribution in [-0.2, 0) is 9.30 Å². The molecule has 5 atom stereocenters. The molecule has 0 aromatic rings. The molecule has 8 nitrogen and oxygen atoms in total. The summed E-state index contributed by atoms with van der Waals surface area (Å²) in [6.45, 7) is 0.401. The molecule has 0 aromatic carbocycles. The number of hydrogen-bond acceptors (Lipinski definition) is 6. The quantitative estimate of drug-likeness (QED) is 0.312. The molecule has 1 rings (SSSR count). The molecular formula is C10H22NO7P. The molecule has 0 aromatic heterocycles. The molecule has 0 aliphatic carbocycles. The summed E-state index contributed by atoms with van der Waals surface area (Å²) in [5.41, 5.74) is 5.35. The summed E-state index contributed by atoms with van der Waals surface area (Å²) in [6.07, 6.45) is -5.13. The van der Waals surface area contributed by atoms with Gasteiger partial charge in [0.1, 0.15) is 18.3 Å². The minimum atomic E-state index is -4.19. The first-order valence-corrected chi connectivity index (χ1v) is 8.00. The molecule has 0 unspecified atom stereocenters. The molecule has 7 N–H and O–H groups in total. The standard InChI is InChI=1S/C10H22NO7P/c11-4-1-2-6-8(12)10(14)9(13)7(18-6)3-5-19(15,16)17/h6-10,12-14H,1-5,11H2,(H2,15,16,17)/t6-,7-,8-,9-,10-/m1/s1. The van der Waals surface area contributed by atoms with Gasteiger partial charge in [-0.15, -0.1) is 0 Å². The van der Waals surface area contributed by atoms with Crippen molar-refractivity contribution in [3.63, 3.8) is 0 Å². The maximum absolute atomic E-state index is 10.8. The number of aliphatic hydroxyl groups is 3. The molecular weight excluding hydrogens is 277 g/mol. The normalized spacial score (nSPS) is 36.4. The zero-order valence-corrected chi connectivity index (χ0v) is 11.4. The molecule has 0 spiro atoms. The van der Waals surface area contributed by atoms with E-state index in [0.29, 0.717) is 19.4 Å². The van der Waals surface area contributed by atoms with Gasteiger partial charge < -0.3 is 35.6 Å². The van der Waals surface area contributed by atoms with E-state index in [1.54, 1.807) is 0 Å². The van der Waals surface area contributed by atoms with Crippen LogP contribution in [0.25, 0.3) is 0 Å². The Morgan fingerprint density at radius 2 is 1.53 bits per heavy atom. The molecule has 1 aliphatic rings. The topological polar surface area (TPSA) is 153 Å². The van der Waals surface area contributed by atoms with Crippen molar-refractivity contribution in [2.75, 3.05) is 12.7 Å². The van der Waals surface area contributed by atoms with Gasteiger partial charge in [0.05, 0.1) is 18.4 Å². The van der Waals surface area contributed by atoms with Crippen molar-refractivity contribution in [2.45, 2.75) is 49.8 Å². The van der Waals surface area contributed by atoms with Gasteiger partial charge in [-0.05, 0) is 25.8 Å². The lowest BCUT2D eigenvalue weighted by Crippen LogP contribution is -2.57. The highest BCUT2D eigenvalue weighted by atomic mass is 31.2. The number of nitrogens with two attached hydrogens (primary N) is 1. The lowest BCUT2D eigenvalue weighted by molar-refractivity contribution is -0.223. The molecule has 19 heavy (non-hydrogen) atoms. The zero-order valence-electron chi connectivity index (χ0n) is 10.5. The van der Waals surface area contributed by atoms with E-state index < -0.39 is 44.3 Å². The van der Waals surface area contributed by atoms with E-state index in [1.807, 2.05) is 0 Å². The van der Waals surface area contributed by atoms with E-state index >= 15 is 0 Å². The monoisotopic (exact) mass is 299 g/mol. The Kier molecular flexibility index (Phi) is 6.35. The number of hydrogen-bond donors (Lipinski definition) is 6. The van der Waals surface area contributed by atoms with E-state index in [1.165, 1.54) is 0 Å². The first kappa shape index (κ1) is 17.0. The Labute approximate surface area is 111 Å². The third-order valence-electron chi connectivity index (χ3n) is 3.21. The maximum atomic E-state index is 10.8. The molecule has 1 heterocycles. The Hall–Kier alpha value is -0.0500. The summed E-state index contributed by atoms with van der Waals surface area (Å²) < 4.78 is 16.2. The fourth-order valence-corrected chi connectivity index (χ4v) is 2.71. The van der Waals surface area contributed by atoms with Gasteiger partial charge in [0.15, 0.2) is 0 Å².